The van der Waals surface area contributed by atoms with Crippen molar-refractivity contribution in [1.82, 2.24) is 4.90 Å². The average molecular weight is 379 g/mol. The molecule has 2 bridgehead atoms. The van der Waals surface area contributed by atoms with Crippen molar-refractivity contribution in [2.24, 2.45) is 0 Å². The van der Waals surface area contributed by atoms with E-state index >= 15 is 0 Å². The van der Waals surface area contributed by atoms with Gasteiger partial charge in [0.1, 0.15) is 0 Å². The lowest BCUT2D eigenvalue weighted by atomic mass is 9.86. The first-order chi connectivity index (χ1) is 12.8. The molecule has 8 nitrogen and oxygen atoms in total. The van der Waals surface area contributed by atoms with Gasteiger partial charge >= 0.3 is 11.9 Å². The SMILES string of the molecule is COc1cc(C(=O)OC2(C(=O)O)CC3CCC(C2)N3C)cc(OC)c1OC. The van der Waals surface area contributed by atoms with Crippen molar-refractivity contribution in [3.8, 4) is 17.2 Å². The Morgan fingerprint density at radius 2 is 1.56 bits per heavy atom. The van der Waals surface area contributed by atoms with E-state index in [1.807, 2.05) is 7.05 Å². The smallest absolute Gasteiger partial charge is 0.348 e. The molecule has 0 radical (unpaired) electrons. The Hall–Kier alpha value is -2.48. The number of carboxylic acid groups (broad SMARTS) is 1. The first-order valence-electron chi connectivity index (χ1n) is 8.84. The maximum Gasteiger partial charge on any atom is 0.348 e. The fourth-order valence-electron chi connectivity index (χ4n) is 4.16. The Balaban J connectivity index is 1.90. The molecule has 1 aromatic rings. The largest absolute Gasteiger partial charge is 0.493 e. The van der Waals surface area contributed by atoms with Crippen LogP contribution in [0, 0.1) is 0 Å². The Kier molecular flexibility index (Phi) is 5.19. The number of benzene rings is 1. The van der Waals surface area contributed by atoms with Crippen molar-refractivity contribution < 1.29 is 33.6 Å². The normalized spacial score (nSPS) is 27.1. The number of carbonyl (C=O) groups is 2. The van der Waals surface area contributed by atoms with Crippen molar-refractivity contribution in [3.05, 3.63) is 17.7 Å². The monoisotopic (exact) mass is 379 g/mol. The number of ether oxygens (including phenoxy) is 4. The summed E-state index contributed by atoms with van der Waals surface area (Å²) in [6.45, 7) is 0. The average Bonchev–Trinajstić information content (AvgIpc) is 2.87. The van der Waals surface area contributed by atoms with Crippen molar-refractivity contribution in [2.75, 3.05) is 28.4 Å². The third kappa shape index (κ3) is 3.29. The summed E-state index contributed by atoms with van der Waals surface area (Å²) in [5, 5.41) is 9.85. The number of piperidine rings is 1. The van der Waals surface area contributed by atoms with Gasteiger partial charge in [-0.2, -0.15) is 0 Å². The molecule has 8 heteroatoms. The van der Waals surface area contributed by atoms with Gasteiger partial charge in [0.2, 0.25) is 11.4 Å². The number of aliphatic carboxylic acids is 1. The van der Waals surface area contributed by atoms with Crippen LogP contribution in [-0.4, -0.2) is 68.0 Å². The van der Waals surface area contributed by atoms with Gasteiger partial charge in [-0.15, -0.1) is 0 Å². The molecule has 0 amide bonds. The van der Waals surface area contributed by atoms with Crippen molar-refractivity contribution >= 4 is 11.9 Å². The topological polar surface area (TPSA) is 94.5 Å². The van der Waals surface area contributed by atoms with Crippen LogP contribution >= 0.6 is 0 Å². The van der Waals surface area contributed by atoms with Gasteiger partial charge in [-0.1, -0.05) is 0 Å². The molecule has 2 fully saturated rings. The van der Waals surface area contributed by atoms with Gasteiger partial charge < -0.3 is 29.0 Å². The first kappa shape index (κ1) is 19.3. The molecule has 148 valence electrons. The summed E-state index contributed by atoms with van der Waals surface area (Å²) >= 11 is 0. The van der Waals surface area contributed by atoms with Gasteiger partial charge in [0.25, 0.3) is 0 Å². The van der Waals surface area contributed by atoms with Crippen LogP contribution in [0.2, 0.25) is 0 Å². The van der Waals surface area contributed by atoms with Crippen LogP contribution in [0.15, 0.2) is 12.1 Å². The molecule has 0 spiro atoms. The Morgan fingerprint density at radius 3 is 1.96 bits per heavy atom. The zero-order chi connectivity index (χ0) is 19.8. The van der Waals surface area contributed by atoms with Gasteiger partial charge in [0, 0.05) is 24.9 Å². The molecule has 2 unspecified atom stereocenters. The molecule has 3 rings (SSSR count). The molecule has 2 heterocycles. The first-order valence-corrected chi connectivity index (χ1v) is 8.84. The van der Waals surface area contributed by atoms with Gasteiger partial charge in [0.15, 0.2) is 11.5 Å². The van der Waals surface area contributed by atoms with Crippen LogP contribution in [0.25, 0.3) is 0 Å². The molecule has 2 saturated heterocycles. The number of carbonyl (C=O) groups excluding carboxylic acids is 1. The predicted octanol–water partition coefficient (Wildman–Crippen LogP) is 1.95. The third-order valence-electron chi connectivity index (χ3n) is 5.69. The van der Waals surface area contributed by atoms with Crippen molar-refractivity contribution in [3.63, 3.8) is 0 Å². The minimum Gasteiger partial charge on any atom is -0.493 e. The second-order valence-electron chi connectivity index (χ2n) is 7.06. The highest BCUT2D eigenvalue weighted by atomic mass is 16.6. The lowest BCUT2D eigenvalue weighted by molar-refractivity contribution is -0.167. The summed E-state index contributed by atoms with van der Waals surface area (Å²) in [6.07, 6.45) is 2.40. The van der Waals surface area contributed by atoms with Crippen LogP contribution in [0.5, 0.6) is 17.2 Å². The quantitative estimate of drug-likeness (QED) is 0.750. The Morgan fingerprint density at radius 1 is 1.04 bits per heavy atom. The highest BCUT2D eigenvalue weighted by molar-refractivity contribution is 5.94. The molecule has 0 aromatic heterocycles. The lowest BCUT2D eigenvalue weighted by Crippen LogP contribution is -2.55. The van der Waals surface area contributed by atoms with E-state index < -0.39 is 17.5 Å². The number of rotatable bonds is 6. The summed E-state index contributed by atoms with van der Waals surface area (Å²) in [5.74, 6) is -0.871. The molecule has 2 aliphatic heterocycles. The van der Waals surface area contributed by atoms with Crippen LogP contribution < -0.4 is 14.2 Å². The predicted molar refractivity (Wildman–Crippen MR) is 95.7 cm³/mol. The molecule has 27 heavy (non-hydrogen) atoms. The minimum absolute atomic E-state index is 0.104. The van der Waals surface area contributed by atoms with Gasteiger partial charge in [0.05, 0.1) is 26.9 Å². The van der Waals surface area contributed by atoms with Crippen molar-refractivity contribution in [2.45, 2.75) is 43.4 Å². The maximum atomic E-state index is 12.8. The van der Waals surface area contributed by atoms with Crippen LogP contribution in [0.1, 0.15) is 36.0 Å². The second kappa shape index (κ2) is 7.26. The third-order valence-corrected chi connectivity index (χ3v) is 5.69. The summed E-state index contributed by atoms with van der Waals surface area (Å²) in [4.78, 5) is 27.1. The number of hydrogen-bond donors (Lipinski definition) is 1. The Labute approximate surface area is 157 Å². The summed E-state index contributed by atoms with van der Waals surface area (Å²) < 4.78 is 21.4. The minimum atomic E-state index is -1.52. The van der Waals surface area contributed by atoms with E-state index in [1.54, 1.807) is 0 Å². The van der Waals surface area contributed by atoms with Gasteiger partial charge in [-0.05, 0) is 32.0 Å². The van der Waals surface area contributed by atoms with Gasteiger partial charge in [-0.25, -0.2) is 9.59 Å². The number of fused-ring (bicyclic) bond motifs is 2. The van der Waals surface area contributed by atoms with E-state index in [0.717, 1.165) is 12.8 Å². The highest BCUT2D eigenvalue weighted by Crippen LogP contribution is 2.43. The number of carboxylic acids is 1. The summed E-state index contributed by atoms with van der Waals surface area (Å²) in [6, 6.07) is 3.13. The highest BCUT2D eigenvalue weighted by Gasteiger charge is 2.54. The zero-order valence-corrected chi connectivity index (χ0v) is 16.0. The fraction of sp³-hybridized carbons (Fsp3) is 0.579. The number of nitrogens with zero attached hydrogens (tertiary/aromatic N) is 1. The van der Waals surface area contributed by atoms with Crippen LogP contribution in [0.4, 0.5) is 0 Å². The Bertz CT molecular complexity index is 709. The molecule has 0 aliphatic carbocycles. The van der Waals surface area contributed by atoms with E-state index in [4.69, 9.17) is 18.9 Å². The number of methoxy groups -OCH3 is 3. The molecule has 0 saturated carbocycles. The standard InChI is InChI=1S/C19H25NO7/c1-20-12-5-6-13(20)10-19(9-12,18(22)23)27-17(21)11-7-14(24-2)16(26-4)15(8-11)25-3/h7-8,12-13H,5-6,9-10H2,1-4H3,(H,22,23). The fourth-order valence-corrected chi connectivity index (χ4v) is 4.16. The molecular weight excluding hydrogens is 354 g/mol. The van der Waals surface area contributed by atoms with E-state index in [0.29, 0.717) is 17.2 Å². The van der Waals surface area contributed by atoms with Crippen LogP contribution in [-0.2, 0) is 9.53 Å². The molecule has 2 atom stereocenters. The summed E-state index contributed by atoms with van der Waals surface area (Å²) in [5.41, 5.74) is -1.37. The van der Waals surface area contributed by atoms with E-state index in [1.165, 1.54) is 33.5 Å². The number of hydrogen-bond acceptors (Lipinski definition) is 7. The van der Waals surface area contributed by atoms with Crippen LogP contribution in [0.3, 0.4) is 0 Å². The molecule has 1 N–H and O–H groups in total. The molecule has 2 aliphatic rings. The van der Waals surface area contributed by atoms with E-state index in [2.05, 4.69) is 4.90 Å². The zero-order valence-electron chi connectivity index (χ0n) is 16.0. The summed E-state index contributed by atoms with van der Waals surface area (Å²) in [7, 11) is 6.35. The maximum absolute atomic E-state index is 12.8. The molecule has 1 aromatic carbocycles. The van der Waals surface area contributed by atoms with Gasteiger partial charge in [-0.3, -0.25) is 0 Å². The lowest BCUT2D eigenvalue weighted by Gasteiger charge is -2.41. The second-order valence-corrected chi connectivity index (χ2v) is 7.06. The van der Waals surface area contributed by atoms with E-state index in [-0.39, 0.29) is 30.5 Å². The van der Waals surface area contributed by atoms with E-state index in [9.17, 15) is 14.7 Å². The number of esters is 1. The van der Waals surface area contributed by atoms with Crippen molar-refractivity contribution in [1.29, 1.82) is 0 Å². The molecular formula is C19H25NO7.